The van der Waals surface area contributed by atoms with Crippen LogP contribution in [0.15, 0.2) is 30.6 Å². The molecule has 188 valence electrons. The topological polar surface area (TPSA) is 109 Å². The van der Waals surface area contributed by atoms with Crippen molar-refractivity contribution < 1.29 is 23.5 Å². The van der Waals surface area contributed by atoms with Gasteiger partial charge in [0.15, 0.2) is 6.10 Å². The zero-order valence-electron chi connectivity index (χ0n) is 20.6. The first-order valence-corrected chi connectivity index (χ1v) is 11.7. The summed E-state index contributed by atoms with van der Waals surface area (Å²) in [5, 5.41) is 16.4. The summed E-state index contributed by atoms with van der Waals surface area (Å²) in [6.45, 7) is 8.68. The molecule has 9 nitrogen and oxygen atoms in total. The van der Waals surface area contributed by atoms with E-state index < -0.39 is 35.6 Å². The van der Waals surface area contributed by atoms with Gasteiger partial charge in [0.05, 0.1) is 18.8 Å². The molecule has 1 aliphatic heterocycles. The number of rotatable bonds is 6. The Morgan fingerprint density at radius 1 is 1.37 bits per heavy atom. The summed E-state index contributed by atoms with van der Waals surface area (Å²) in [5.41, 5.74) is 1.12. The number of ether oxygens (including phenoxy) is 2. The fourth-order valence-electron chi connectivity index (χ4n) is 3.67. The Bertz CT molecular complexity index is 1090. The molecule has 0 radical (unpaired) electrons. The summed E-state index contributed by atoms with van der Waals surface area (Å²) >= 11 is 0. The number of hydrogen-bond donors (Lipinski definition) is 1. The number of hydrogen-bond acceptors (Lipinski definition) is 6. The molecule has 1 saturated heterocycles. The number of nitriles is 1. The lowest BCUT2D eigenvalue weighted by molar-refractivity contribution is -0.133. The molecule has 35 heavy (non-hydrogen) atoms. The maximum Gasteiger partial charge on any atom is 0.410 e. The van der Waals surface area contributed by atoms with Crippen LogP contribution in [0.5, 0.6) is 0 Å². The Morgan fingerprint density at radius 3 is 2.77 bits per heavy atom. The van der Waals surface area contributed by atoms with Crippen LogP contribution in [0.3, 0.4) is 0 Å². The molecule has 1 aromatic carbocycles. The number of benzene rings is 1. The van der Waals surface area contributed by atoms with Gasteiger partial charge in [-0.25, -0.2) is 9.18 Å². The molecule has 1 aliphatic rings. The molecular formula is C25H32FN5O4. The Kier molecular flexibility index (Phi) is 8.46. The zero-order chi connectivity index (χ0) is 25.6. The smallest absolute Gasteiger partial charge is 0.410 e. The van der Waals surface area contributed by atoms with E-state index in [9.17, 15) is 19.2 Å². The van der Waals surface area contributed by atoms with Gasteiger partial charge >= 0.3 is 6.09 Å². The second-order valence-electron chi connectivity index (χ2n) is 9.42. The van der Waals surface area contributed by atoms with Crippen LogP contribution in [0.2, 0.25) is 0 Å². The van der Waals surface area contributed by atoms with Crippen molar-refractivity contribution >= 4 is 12.0 Å². The van der Waals surface area contributed by atoms with Gasteiger partial charge in [-0.1, -0.05) is 12.1 Å². The Balaban J connectivity index is 1.63. The van der Waals surface area contributed by atoms with Crippen molar-refractivity contribution in [2.45, 2.75) is 64.8 Å². The van der Waals surface area contributed by atoms with Crippen LogP contribution in [-0.4, -0.2) is 64.1 Å². The van der Waals surface area contributed by atoms with Gasteiger partial charge in [-0.2, -0.15) is 10.4 Å². The first-order chi connectivity index (χ1) is 16.6. The van der Waals surface area contributed by atoms with Crippen LogP contribution in [0.25, 0.3) is 11.1 Å². The van der Waals surface area contributed by atoms with Crippen LogP contribution in [0.1, 0.15) is 39.7 Å². The van der Waals surface area contributed by atoms with Crippen LogP contribution in [0.4, 0.5) is 9.18 Å². The molecule has 1 aromatic heterocycles. The van der Waals surface area contributed by atoms with E-state index in [1.54, 1.807) is 43.8 Å². The number of amides is 2. The average Bonchev–Trinajstić information content (AvgIpc) is 3.14. The first kappa shape index (κ1) is 26.2. The summed E-state index contributed by atoms with van der Waals surface area (Å²) in [4.78, 5) is 26.7. The molecular weight excluding hydrogens is 453 g/mol. The second-order valence-corrected chi connectivity index (χ2v) is 9.42. The van der Waals surface area contributed by atoms with Gasteiger partial charge in [0.2, 0.25) is 0 Å². The van der Waals surface area contributed by atoms with E-state index >= 15 is 0 Å². The first-order valence-electron chi connectivity index (χ1n) is 11.7. The standard InChI is InChI=1S/C25H32FN5O4/c1-5-31-15-19(14-28-31)17-7-8-18(21(26)12-17)11-20(13-27)29-23(32)22-16-30(9-6-10-34-22)24(33)35-25(2,3)4/h7-8,12,14-15,20,22H,5-6,9-11,16H2,1-4H3,(H,29,32)/t20?,22-/m0/s1. The van der Waals surface area contributed by atoms with E-state index in [2.05, 4.69) is 10.4 Å². The minimum atomic E-state index is -0.965. The molecule has 0 aliphatic carbocycles. The number of nitrogens with one attached hydrogen (secondary N) is 1. The van der Waals surface area contributed by atoms with Gasteiger partial charge in [0, 0.05) is 37.9 Å². The maximum atomic E-state index is 14.8. The van der Waals surface area contributed by atoms with Gasteiger partial charge in [0.1, 0.15) is 17.5 Å². The highest BCUT2D eigenvalue weighted by molar-refractivity contribution is 5.82. The Labute approximate surface area is 204 Å². The monoisotopic (exact) mass is 485 g/mol. The quantitative estimate of drug-likeness (QED) is 0.673. The lowest BCUT2D eigenvalue weighted by Gasteiger charge is -2.27. The van der Waals surface area contributed by atoms with E-state index in [0.29, 0.717) is 37.2 Å². The van der Waals surface area contributed by atoms with Crippen molar-refractivity contribution in [2.75, 3.05) is 19.7 Å². The van der Waals surface area contributed by atoms with Gasteiger partial charge in [-0.3, -0.25) is 9.48 Å². The number of aryl methyl sites for hydroxylation is 1. The van der Waals surface area contributed by atoms with E-state index in [1.165, 1.54) is 11.0 Å². The van der Waals surface area contributed by atoms with E-state index in [4.69, 9.17) is 9.47 Å². The average molecular weight is 486 g/mol. The highest BCUT2D eigenvalue weighted by atomic mass is 19.1. The third-order valence-electron chi connectivity index (χ3n) is 5.46. The van der Waals surface area contributed by atoms with Crippen LogP contribution < -0.4 is 5.32 Å². The number of halogens is 1. The van der Waals surface area contributed by atoms with Crippen molar-refractivity contribution in [3.05, 3.63) is 42.0 Å². The molecule has 0 spiro atoms. The van der Waals surface area contributed by atoms with Gasteiger partial charge < -0.3 is 19.7 Å². The Morgan fingerprint density at radius 2 is 2.14 bits per heavy atom. The molecule has 1 unspecified atom stereocenters. The van der Waals surface area contributed by atoms with E-state index in [-0.39, 0.29) is 13.0 Å². The summed E-state index contributed by atoms with van der Waals surface area (Å²) in [7, 11) is 0. The molecule has 2 amide bonds. The number of aromatic nitrogens is 2. The molecule has 2 aromatic rings. The summed E-state index contributed by atoms with van der Waals surface area (Å²) in [6, 6.07) is 5.82. The number of carbonyl (C=O) groups excluding carboxylic acids is 2. The predicted molar refractivity (Wildman–Crippen MR) is 127 cm³/mol. The molecule has 3 rings (SSSR count). The lowest BCUT2D eigenvalue weighted by Crippen LogP contribution is -2.48. The molecule has 10 heteroatoms. The molecule has 2 atom stereocenters. The minimum absolute atomic E-state index is 0.00734. The van der Waals surface area contributed by atoms with Crippen LogP contribution in [0, 0.1) is 17.1 Å². The number of nitrogens with zero attached hydrogens (tertiary/aromatic N) is 4. The highest BCUT2D eigenvalue weighted by Crippen LogP contribution is 2.22. The molecule has 0 saturated carbocycles. The minimum Gasteiger partial charge on any atom is -0.444 e. The van der Waals surface area contributed by atoms with Crippen molar-refractivity contribution in [1.82, 2.24) is 20.0 Å². The summed E-state index contributed by atoms with van der Waals surface area (Å²) in [5.74, 6) is -1.00. The fourth-order valence-corrected chi connectivity index (χ4v) is 3.67. The third-order valence-corrected chi connectivity index (χ3v) is 5.46. The van der Waals surface area contributed by atoms with Crippen LogP contribution in [-0.2, 0) is 27.2 Å². The number of carbonyl (C=O) groups is 2. The summed E-state index contributed by atoms with van der Waals surface area (Å²) in [6.07, 6.45) is 2.57. The maximum absolute atomic E-state index is 14.8. The van der Waals surface area contributed by atoms with Crippen molar-refractivity contribution in [3.63, 3.8) is 0 Å². The van der Waals surface area contributed by atoms with E-state index in [0.717, 1.165) is 5.56 Å². The summed E-state index contributed by atoms with van der Waals surface area (Å²) < 4.78 is 27.6. The van der Waals surface area contributed by atoms with Gasteiger partial charge in [0.25, 0.3) is 5.91 Å². The van der Waals surface area contributed by atoms with Crippen molar-refractivity contribution in [3.8, 4) is 17.2 Å². The Hall–Kier alpha value is -3.45. The SMILES string of the molecule is CCn1cc(-c2ccc(CC(C#N)NC(=O)[C@@H]3CN(C(=O)OC(C)(C)C)CCCO3)c(F)c2)cn1. The highest BCUT2D eigenvalue weighted by Gasteiger charge is 2.31. The fraction of sp³-hybridized carbons (Fsp3) is 0.520. The molecule has 1 fully saturated rings. The molecule has 1 N–H and O–H groups in total. The second kappa shape index (κ2) is 11.3. The zero-order valence-corrected chi connectivity index (χ0v) is 20.6. The third kappa shape index (κ3) is 7.26. The predicted octanol–water partition coefficient (Wildman–Crippen LogP) is 3.29. The van der Waals surface area contributed by atoms with Crippen LogP contribution >= 0.6 is 0 Å². The van der Waals surface area contributed by atoms with Crippen molar-refractivity contribution in [1.29, 1.82) is 5.26 Å². The molecule has 2 heterocycles. The van der Waals surface area contributed by atoms with Crippen molar-refractivity contribution in [2.24, 2.45) is 0 Å². The largest absolute Gasteiger partial charge is 0.444 e. The normalized spacial score (nSPS) is 17.3. The lowest BCUT2D eigenvalue weighted by atomic mass is 10.0. The molecule has 0 bridgehead atoms. The van der Waals surface area contributed by atoms with E-state index in [1.807, 2.05) is 19.2 Å². The van der Waals surface area contributed by atoms with Gasteiger partial charge in [-0.05, 0) is 51.3 Å². The van der Waals surface area contributed by atoms with Gasteiger partial charge in [-0.15, -0.1) is 0 Å².